The third-order valence-electron chi connectivity index (χ3n) is 3.62. The SMILES string of the molecule is CSC1(CNS(=O)(=O)c2cccnc2N)CCCC1. The van der Waals surface area contributed by atoms with Gasteiger partial charge < -0.3 is 5.73 Å². The van der Waals surface area contributed by atoms with Crippen LogP contribution >= 0.6 is 11.8 Å². The standard InChI is InChI=1S/C12H19N3O2S2/c1-18-12(6-2-3-7-12)9-15-19(16,17)10-5-4-8-14-11(10)13/h4-5,8,15H,2-3,6-7,9H2,1H3,(H2,13,14). The zero-order valence-electron chi connectivity index (χ0n) is 10.9. The summed E-state index contributed by atoms with van der Waals surface area (Å²) >= 11 is 1.75. The van der Waals surface area contributed by atoms with Gasteiger partial charge in [-0.2, -0.15) is 11.8 Å². The van der Waals surface area contributed by atoms with E-state index in [1.54, 1.807) is 17.8 Å². The molecule has 0 atom stereocenters. The summed E-state index contributed by atoms with van der Waals surface area (Å²) in [6, 6.07) is 3.05. The lowest BCUT2D eigenvalue weighted by molar-refractivity contribution is 0.551. The Morgan fingerprint density at radius 3 is 2.74 bits per heavy atom. The molecule has 1 aliphatic rings. The summed E-state index contributed by atoms with van der Waals surface area (Å²) in [5, 5.41) is 0. The van der Waals surface area contributed by atoms with Gasteiger partial charge in [-0.05, 0) is 31.2 Å². The normalized spacial score (nSPS) is 18.6. The summed E-state index contributed by atoms with van der Waals surface area (Å²) in [5.74, 6) is 0.0413. The van der Waals surface area contributed by atoms with Crippen LogP contribution in [-0.4, -0.2) is 30.9 Å². The second kappa shape index (κ2) is 5.68. The topological polar surface area (TPSA) is 85.1 Å². The Labute approximate surface area is 118 Å². The van der Waals surface area contributed by atoms with Gasteiger partial charge in [-0.3, -0.25) is 0 Å². The Morgan fingerprint density at radius 2 is 2.16 bits per heavy atom. The molecule has 0 radical (unpaired) electrons. The molecule has 1 aliphatic carbocycles. The largest absolute Gasteiger partial charge is 0.383 e. The smallest absolute Gasteiger partial charge is 0.244 e. The maximum Gasteiger partial charge on any atom is 0.244 e. The predicted molar refractivity (Wildman–Crippen MR) is 78.6 cm³/mol. The molecule has 3 N–H and O–H groups in total. The van der Waals surface area contributed by atoms with Crippen LogP contribution in [0.3, 0.4) is 0 Å². The highest BCUT2D eigenvalue weighted by Gasteiger charge is 2.34. The van der Waals surface area contributed by atoms with Crippen molar-refractivity contribution >= 4 is 27.6 Å². The van der Waals surface area contributed by atoms with Crippen molar-refractivity contribution in [3.05, 3.63) is 18.3 Å². The van der Waals surface area contributed by atoms with Crippen LogP contribution in [0.4, 0.5) is 5.82 Å². The highest BCUT2D eigenvalue weighted by atomic mass is 32.2. The van der Waals surface area contributed by atoms with Gasteiger partial charge in [-0.25, -0.2) is 18.1 Å². The van der Waals surface area contributed by atoms with E-state index in [-0.39, 0.29) is 15.5 Å². The maximum absolute atomic E-state index is 12.2. The van der Waals surface area contributed by atoms with Crippen molar-refractivity contribution in [2.24, 2.45) is 0 Å². The summed E-state index contributed by atoms with van der Waals surface area (Å²) in [6.45, 7) is 0.449. The molecule has 0 amide bonds. The predicted octanol–water partition coefficient (Wildman–Crippen LogP) is 1.62. The van der Waals surface area contributed by atoms with E-state index < -0.39 is 10.0 Å². The van der Waals surface area contributed by atoms with Crippen molar-refractivity contribution in [3.63, 3.8) is 0 Å². The third kappa shape index (κ3) is 3.21. The van der Waals surface area contributed by atoms with E-state index in [4.69, 9.17) is 5.73 Å². The molecule has 1 aromatic rings. The third-order valence-corrected chi connectivity index (χ3v) is 6.49. The van der Waals surface area contributed by atoms with Gasteiger partial charge in [0.15, 0.2) is 0 Å². The van der Waals surface area contributed by atoms with Crippen molar-refractivity contribution < 1.29 is 8.42 Å². The van der Waals surface area contributed by atoms with E-state index in [9.17, 15) is 8.42 Å². The molecule has 1 aromatic heterocycles. The van der Waals surface area contributed by atoms with E-state index in [1.165, 1.54) is 12.3 Å². The molecule has 0 unspecified atom stereocenters. The number of aromatic nitrogens is 1. The van der Waals surface area contributed by atoms with E-state index in [0.717, 1.165) is 25.7 Å². The van der Waals surface area contributed by atoms with Gasteiger partial charge in [0.05, 0.1) is 0 Å². The number of nitrogens with one attached hydrogen (secondary N) is 1. The van der Waals surface area contributed by atoms with Crippen LogP contribution in [0, 0.1) is 0 Å². The molecule has 106 valence electrons. The number of nitrogens with zero attached hydrogens (tertiary/aromatic N) is 1. The van der Waals surface area contributed by atoms with Gasteiger partial charge in [-0.1, -0.05) is 12.8 Å². The lowest BCUT2D eigenvalue weighted by atomic mass is 10.1. The molecule has 5 nitrogen and oxygen atoms in total. The highest BCUT2D eigenvalue weighted by Crippen LogP contribution is 2.39. The summed E-state index contributed by atoms with van der Waals surface area (Å²) in [7, 11) is -3.58. The van der Waals surface area contributed by atoms with Crippen LogP contribution in [0.2, 0.25) is 0 Å². The van der Waals surface area contributed by atoms with E-state index in [1.807, 2.05) is 6.26 Å². The quantitative estimate of drug-likeness (QED) is 0.863. The first-order valence-electron chi connectivity index (χ1n) is 6.24. The fraction of sp³-hybridized carbons (Fsp3) is 0.583. The molecule has 2 rings (SSSR count). The molecule has 1 heterocycles. The average molecular weight is 301 g/mol. The minimum absolute atomic E-state index is 0.0318. The minimum atomic E-state index is -3.58. The Bertz CT molecular complexity index is 540. The monoisotopic (exact) mass is 301 g/mol. The summed E-state index contributed by atoms with van der Waals surface area (Å²) in [6.07, 6.45) is 7.96. The molecule has 0 bridgehead atoms. The number of rotatable bonds is 5. The van der Waals surface area contributed by atoms with Gasteiger partial charge >= 0.3 is 0 Å². The van der Waals surface area contributed by atoms with Gasteiger partial charge in [-0.15, -0.1) is 0 Å². The van der Waals surface area contributed by atoms with Crippen LogP contribution in [-0.2, 0) is 10.0 Å². The Hall–Kier alpha value is -0.790. The second-order valence-corrected chi connectivity index (χ2v) is 7.82. The van der Waals surface area contributed by atoms with Crippen LogP contribution < -0.4 is 10.5 Å². The molecule has 1 saturated carbocycles. The van der Waals surface area contributed by atoms with E-state index in [0.29, 0.717) is 6.54 Å². The zero-order valence-corrected chi connectivity index (χ0v) is 12.6. The van der Waals surface area contributed by atoms with Crippen molar-refractivity contribution in [2.45, 2.75) is 35.3 Å². The number of sulfonamides is 1. The number of pyridine rings is 1. The van der Waals surface area contributed by atoms with Crippen LogP contribution in [0.5, 0.6) is 0 Å². The van der Waals surface area contributed by atoms with Gasteiger partial charge in [0.2, 0.25) is 10.0 Å². The molecule has 0 spiro atoms. The number of hydrogen-bond acceptors (Lipinski definition) is 5. The van der Waals surface area contributed by atoms with Crippen molar-refractivity contribution in [3.8, 4) is 0 Å². The Kier molecular flexibility index (Phi) is 4.37. The number of nitrogen functional groups attached to an aromatic ring is 1. The average Bonchev–Trinajstić information content (AvgIpc) is 2.86. The molecular formula is C12H19N3O2S2. The molecule has 0 aromatic carbocycles. The molecule has 0 saturated heterocycles. The Balaban J connectivity index is 2.12. The van der Waals surface area contributed by atoms with Crippen LogP contribution in [0.15, 0.2) is 23.2 Å². The summed E-state index contributed by atoms with van der Waals surface area (Å²) in [4.78, 5) is 3.88. The molecule has 19 heavy (non-hydrogen) atoms. The Morgan fingerprint density at radius 1 is 1.47 bits per heavy atom. The van der Waals surface area contributed by atoms with Crippen molar-refractivity contribution in [1.29, 1.82) is 0 Å². The highest BCUT2D eigenvalue weighted by molar-refractivity contribution is 8.00. The maximum atomic E-state index is 12.2. The first kappa shape index (κ1) is 14.6. The molecule has 7 heteroatoms. The first-order chi connectivity index (χ1) is 8.99. The molecular weight excluding hydrogens is 282 g/mol. The molecule has 0 aliphatic heterocycles. The fourth-order valence-electron chi connectivity index (χ4n) is 2.41. The second-order valence-electron chi connectivity index (χ2n) is 4.81. The molecule has 1 fully saturated rings. The number of anilines is 1. The van der Waals surface area contributed by atoms with Crippen LogP contribution in [0.1, 0.15) is 25.7 Å². The van der Waals surface area contributed by atoms with Gasteiger partial charge in [0.1, 0.15) is 10.7 Å². The van der Waals surface area contributed by atoms with E-state index >= 15 is 0 Å². The van der Waals surface area contributed by atoms with Crippen molar-refractivity contribution in [1.82, 2.24) is 9.71 Å². The lowest BCUT2D eigenvalue weighted by Crippen LogP contribution is -2.38. The fourth-order valence-corrected chi connectivity index (χ4v) is 4.62. The van der Waals surface area contributed by atoms with Gasteiger partial charge in [0, 0.05) is 17.5 Å². The van der Waals surface area contributed by atoms with E-state index in [2.05, 4.69) is 9.71 Å². The van der Waals surface area contributed by atoms with Crippen molar-refractivity contribution in [2.75, 3.05) is 18.5 Å². The zero-order chi connectivity index (χ0) is 13.9. The summed E-state index contributed by atoms with van der Waals surface area (Å²) in [5.41, 5.74) is 5.62. The number of hydrogen-bond donors (Lipinski definition) is 2. The summed E-state index contributed by atoms with van der Waals surface area (Å²) < 4.78 is 27.2. The minimum Gasteiger partial charge on any atom is -0.383 e. The first-order valence-corrected chi connectivity index (χ1v) is 8.95. The van der Waals surface area contributed by atoms with Gasteiger partial charge in [0.25, 0.3) is 0 Å². The number of nitrogens with two attached hydrogens (primary N) is 1. The lowest BCUT2D eigenvalue weighted by Gasteiger charge is -2.26. The van der Waals surface area contributed by atoms with Crippen LogP contribution in [0.25, 0.3) is 0 Å². The number of thioether (sulfide) groups is 1.